The van der Waals surface area contributed by atoms with Crippen LogP contribution in [-0.4, -0.2) is 32.6 Å². The quantitative estimate of drug-likeness (QED) is 0.396. The number of ether oxygens (including phenoxy) is 1. The van der Waals surface area contributed by atoms with Gasteiger partial charge in [0.2, 0.25) is 0 Å². The molecule has 5 rings (SSSR count). The summed E-state index contributed by atoms with van der Waals surface area (Å²) in [5.41, 5.74) is 4.33. The van der Waals surface area contributed by atoms with Gasteiger partial charge in [0.05, 0.1) is 34.8 Å². The van der Waals surface area contributed by atoms with E-state index in [4.69, 9.17) is 4.74 Å². The average molecular weight is 412 g/mol. The van der Waals surface area contributed by atoms with Crippen LogP contribution in [0.5, 0.6) is 0 Å². The van der Waals surface area contributed by atoms with Crippen molar-refractivity contribution in [1.29, 1.82) is 0 Å². The van der Waals surface area contributed by atoms with Crippen molar-refractivity contribution in [3.8, 4) is 16.8 Å². The number of nitrogens with zero attached hydrogens (tertiary/aromatic N) is 4. The van der Waals surface area contributed by atoms with Crippen LogP contribution in [0, 0.1) is 12.7 Å². The van der Waals surface area contributed by atoms with E-state index in [1.54, 1.807) is 42.9 Å². The minimum Gasteiger partial charge on any atom is -0.465 e. The number of benzene rings is 2. The maximum atomic E-state index is 14.8. The fraction of sp³-hybridized carbons (Fsp3) is 0.0833. The molecule has 0 spiro atoms. The van der Waals surface area contributed by atoms with Gasteiger partial charge in [0, 0.05) is 18.6 Å². The molecule has 3 aromatic heterocycles. The number of imidazole rings is 1. The number of halogens is 1. The number of hydrogen-bond donors (Lipinski definition) is 0. The monoisotopic (exact) mass is 412 g/mol. The summed E-state index contributed by atoms with van der Waals surface area (Å²) in [5, 5.41) is 0.390. The maximum absolute atomic E-state index is 14.8. The molecular weight excluding hydrogens is 395 g/mol. The van der Waals surface area contributed by atoms with Gasteiger partial charge in [-0.05, 0) is 60.5 Å². The predicted molar refractivity (Wildman–Crippen MR) is 116 cm³/mol. The standard InChI is InChI=1S/C24H17FN4O2/c1-14-28-23-17(24(30)31-2)12-16(15-6-9-26-10-7-15)13-21(23)29(14)20-8-11-27-19-5-3-4-18(25)22(19)20/h3-13H,1-2H3. The average Bonchev–Trinajstić information content (AvgIpc) is 3.13. The lowest BCUT2D eigenvalue weighted by atomic mass is 10.0. The lowest BCUT2D eigenvalue weighted by Gasteiger charge is -2.12. The molecule has 0 saturated carbocycles. The van der Waals surface area contributed by atoms with Gasteiger partial charge in [0.15, 0.2) is 0 Å². The number of aryl methyl sites for hydroxylation is 1. The normalized spacial score (nSPS) is 11.2. The Balaban J connectivity index is 1.89. The van der Waals surface area contributed by atoms with Gasteiger partial charge in [0.25, 0.3) is 0 Å². The summed E-state index contributed by atoms with van der Waals surface area (Å²) in [4.78, 5) is 25.6. The van der Waals surface area contributed by atoms with E-state index < -0.39 is 5.97 Å². The molecule has 0 amide bonds. The first kappa shape index (κ1) is 18.9. The zero-order chi connectivity index (χ0) is 21.5. The van der Waals surface area contributed by atoms with Crippen LogP contribution in [0.3, 0.4) is 0 Å². The van der Waals surface area contributed by atoms with Crippen LogP contribution in [0.15, 0.2) is 67.1 Å². The minimum absolute atomic E-state index is 0.340. The van der Waals surface area contributed by atoms with E-state index in [2.05, 4.69) is 15.0 Å². The molecule has 0 saturated heterocycles. The highest BCUT2D eigenvalue weighted by molar-refractivity contribution is 6.05. The van der Waals surface area contributed by atoms with E-state index in [9.17, 15) is 9.18 Å². The van der Waals surface area contributed by atoms with Crippen LogP contribution >= 0.6 is 0 Å². The van der Waals surface area contributed by atoms with Gasteiger partial charge in [-0.1, -0.05) is 6.07 Å². The Morgan fingerprint density at radius 2 is 1.84 bits per heavy atom. The molecule has 0 aliphatic rings. The molecule has 0 radical (unpaired) electrons. The summed E-state index contributed by atoms with van der Waals surface area (Å²) in [6, 6.07) is 14.0. The summed E-state index contributed by atoms with van der Waals surface area (Å²) >= 11 is 0. The summed E-state index contributed by atoms with van der Waals surface area (Å²) in [5.74, 6) is -0.251. The van der Waals surface area contributed by atoms with Crippen LogP contribution in [-0.2, 0) is 4.74 Å². The number of fused-ring (bicyclic) bond motifs is 2. The number of carbonyl (C=O) groups is 1. The molecule has 5 aromatic rings. The van der Waals surface area contributed by atoms with Gasteiger partial charge < -0.3 is 4.74 Å². The minimum atomic E-state index is -0.490. The molecule has 7 heteroatoms. The molecule has 3 heterocycles. The molecule has 0 atom stereocenters. The third-order valence-electron chi connectivity index (χ3n) is 5.28. The molecule has 0 aliphatic heterocycles. The molecular formula is C24H17FN4O2. The first-order valence-electron chi connectivity index (χ1n) is 9.64. The lowest BCUT2D eigenvalue weighted by molar-refractivity contribution is 0.0603. The van der Waals surface area contributed by atoms with E-state index in [1.807, 2.05) is 29.7 Å². The van der Waals surface area contributed by atoms with Gasteiger partial charge >= 0.3 is 5.97 Å². The molecule has 31 heavy (non-hydrogen) atoms. The highest BCUT2D eigenvalue weighted by atomic mass is 19.1. The molecule has 0 bridgehead atoms. The van der Waals surface area contributed by atoms with Crippen molar-refractivity contribution in [3.05, 3.63) is 84.3 Å². The Kier molecular flexibility index (Phi) is 4.43. The molecule has 0 fully saturated rings. The zero-order valence-electron chi connectivity index (χ0n) is 16.8. The van der Waals surface area contributed by atoms with Crippen molar-refractivity contribution in [2.45, 2.75) is 6.92 Å². The first-order chi connectivity index (χ1) is 15.1. The van der Waals surface area contributed by atoms with E-state index in [1.165, 1.54) is 13.2 Å². The van der Waals surface area contributed by atoms with Gasteiger partial charge in [0.1, 0.15) is 17.2 Å². The number of hydrogen-bond acceptors (Lipinski definition) is 5. The van der Waals surface area contributed by atoms with Gasteiger partial charge in [-0.15, -0.1) is 0 Å². The lowest BCUT2D eigenvalue weighted by Crippen LogP contribution is -2.04. The second-order valence-electron chi connectivity index (χ2n) is 7.08. The topological polar surface area (TPSA) is 69.9 Å². The second-order valence-corrected chi connectivity index (χ2v) is 7.08. The zero-order valence-corrected chi connectivity index (χ0v) is 16.8. The van der Waals surface area contributed by atoms with Crippen molar-refractivity contribution in [1.82, 2.24) is 19.5 Å². The Morgan fingerprint density at radius 1 is 1.03 bits per heavy atom. The fourth-order valence-corrected chi connectivity index (χ4v) is 3.91. The van der Waals surface area contributed by atoms with Crippen LogP contribution in [0.25, 0.3) is 38.8 Å². The van der Waals surface area contributed by atoms with E-state index in [0.29, 0.717) is 39.0 Å². The smallest absolute Gasteiger partial charge is 0.340 e. The van der Waals surface area contributed by atoms with Crippen LogP contribution < -0.4 is 0 Å². The van der Waals surface area contributed by atoms with Crippen LogP contribution in [0.4, 0.5) is 4.39 Å². The number of methoxy groups -OCH3 is 1. The van der Waals surface area contributed by atoms with Crippen molar-refractivity contribution < 1.29 is 13.9 Å². The maximum Gasteiger partial charge on any atom is 0.340 e. The van der Waals surface area contributed by atoms with E-state index in [-0.39, 0.29) is 5.82 Å². The Labute approximate surface area is 177 Å². The largest absolute Gasteiger partial charge is 0.465 e. The number of carbonyl (C=O) groups excluding carboxylic acids is 1. The molecule has 2 aromatic carbocycles. The van der Waals surface area contributed by atoms with Crippen molar-refractivity contribution in [3.63, 3.8) is 0 Å². The summed E-state index contributed by atoms with van der Waals surface area (Å²) < 4.78 is 21.7. The SMILES string of the molecule is COC(=O)c1cc(-c2ccncc2)cc2c1nc(C)n2-c1ccnc2cccc(F)c12. The number of esters is 1. The van der Waals surface area contributed by atoms with Gasteiger partial charge in [-0.2, -0.15) is 0 Å². The van der Waals surface area contributed by atoms with Crippen molar-refractivity contribution >= 4 is 27.9 Å². The third kappa shape index (κ3) is 3.02. The molecule has 0 unspecified atom stereocenters. The molecule has 152 valence electrons. The second kappa shape index (κ2) is 7.28. The van der Waals surface area contributed by atoms with Crippen LogP contribution in [0.1, 0.15) is 16.2 Å². The van der Waals surface area contributed by atoms with Gasteiger partial charge in [-0.25, -0.2) is 14.2 Å². The molecule has 0 aliphatic carbocycles. The summed E-state index contributed by atoms with van der Waals surface area (Å²) in [6.45, 7) is 1.82. The van der Waals surface area contributed by atoms with Crippen LogP contribution in [0.2, 0.25) is 0 Å². The Hall–Kier alpha value is -4.13. The van der Waals surface area contributed by atoms with E-state index >= 15 is 0 Å². The Morgan fingerprint density at radius 3 is 2.61 bits per heavy atom. The fourth-order valence-electron chi connectivity index (χ4n) is 3.91. The summed E-state index contributed by atoms with van der Waals surface area (Å²) in [7, 11) is 1.34. The van der Waals surface area contributed by atoms with Crippen molar-refractivity contribution in [2.24, 2.45) is 0 Å². The number of pyridine rings is 2. The third-order valence-corrected chi connectivity index (χ3v) is 5.28. The predicted octanol–water partition coefficient (Wildman–Crippen LogP) is 4.87. The number of aromatic nitrogens is 4. The van der Waals surface area contributed by atoms with Gasteiger partial charge in [-0.3, -0.25) is 14.5 Å². The van der Waals surface area contributed by atoms with Crippen molar-refractivity contribution in [2.75, 3.05) is 7.11 Å². The summed E-state index contributed by atoms with van der Waals surface area (Å²) in [6.07, 6.45) is 5.01. The molecule has 6 nitrogen and oxygen atoms in total. The highest BCUT2D eigenvalue weighted by Crippen LogP contribution is 2.33. The Bertz CT molecular complexity index is 1460. The van der Waals surface area contributed by atoms with E-state index in [0.717, 1.165) is 11.1 Å². The first-order valence-corrected chi connectivity index (χ1v) is 9.64. The highest BCUT2D eigenvalue weighted by Gasteiger charge is 2.21. The molecule has 0 N–H and O–H groups in total. The number of rotatable bonds is 3.